The van der Waals surface area contributed by atoms with Gasteiger partial charge in [0, 0.05) is 11.4 Å². The summed E-state index contributed by atoms with van der Waals surface area (Å²) in [4.78, 5) is 24.3. The molecule has 1 amide bonds. The monoisotopic (exact) mass is 325 g/mol. The van der Waals surface area contributed by atoms with Gasteiger partial charge >= 0.3 is 6.09 Å². The second kappa shape index (κ2) is 7.63. The molecule has 0 aromatic heterocycles. The van der Waals surface area contributed by atoms with E-state index in [0.717, 1.165) is 5.56 Å². The lowest BCUT2D eigenvalue weighted by atomic mass is 9.95. The lowest BCUT2D eigenvalue weighted by Crippen LogP contribution is -2.47. The molecule has 22 heavy (non-hydrogen) atoms. The summed E-state index contributed by atoms with van der Waals surface area (Å²) in [5.41, 5.74) is 0.232. The molecule has 0 heterocycles. The Kier molecular flexibility index (Phi) is 6.42. The standard InChI is InChI=1S/C17H24ClNO3/c1-11(2)15(19-16(21)22-17(3,4)5)14(20)10-12-7-6-8-13(18)9-12/h6-9,11,15H,10H2,1-5H3,(H,19,21)/t15-/m0/s1. The van der Waals surface area contributed by atoms with E-state index in [9.17, 15) is 9.59 Å². The summed E-state index contributed by atoms with van der Waals surface area (Å²) in [5, 5.41) is 3.25. The Balaban J connectivity index is 2.74. The van der Waals surface area contributed by atoms with Crippen molar-refractivity contribution in [3.8, 4) is 0 Å². The largest absolute Gasteiger partial charge is 0.444 e. The van der Waals surface area contributed by atoms with Gasteiger partial charge in [0.25, 0.3) is 0 Å². The van der Waals surface area contributed by atoms with E-state index < -0.39 is 17.7 Å². The maximum Gasteiger partial charge on any atom is 0.408 e. The molecule has 4 nitrogen and oxygen atoms in total. The highest BCUT2D eigenvalue weighted by molar-refractivity contribution is 6.30. The molecule has 0 bridgehead atoms. The average Bonchev–Trinajstić information content (AvgIpc) is 2.33. The van der Waals surface area contributed by atoms with Gasteiger partial charge in [-0.25, -0.2) is 4.79 Å². The zero-order chi connectivity index (χ0) is 16.9. The molecule has 0 saturated carbocycles. The summed E-state index contributed by atoms with van der Waals surface area (Å²) in [6, 6.07) is 6.57. The van der Waals surface area contributed by atoms with Crippen LogP contribution in [0.15, 0.2) is 24.3 Å². The fourth-order valence-electron chi connectivity index (χ4n) is 2.01. The van der Waals surface area contributed by atoms with E-state index in [0.29, 0.717) is 5.02 Å². The van der Waals surface area contributed by atoms with Crippen LogP contribution in [0.2, 0.25) is 5.02 Å². The van der Waals surface area contributed by atoms with Crippen molar-refractivity contribution in [2.75, 3.05) is 0 Å². The summed E-state index contributed by atoms with van der Waals surface area (Å²) in [7, 11) is 0. The first-order chi connectivity index (χ1) is 10.1. The smallest absolute Gasteiger partial charge is 0.408 e. The second-order valence-electron chi connectivity index (χ2n) is 6.64. The summed E-state index contributed by atoms with van der Waals surface area (Å²) >= 11 is 5.93. The maximum atomic E-state index is 12.5. The molecule has 1 rings (SSSR count). The average molecular weight is 326 g/mol. The van der Waals surface area contributed by atoms with Crippen molar-refractivity contribution in [2.24, 2.45) is 5.92 Å². The maximum absolute atomic E-state index is 12.5. The van der Waals surface area contributed by atoms with E-state index >= 15 is 0 Å². The number of hydrogen-bond acceptors (Lipinski definition) is 3. The minimum Gasteiger partial charge on any atom is -0.444 e. The van der Waals surface area contributed by atoms with E-state index in [2.05, 4.69) is 5.32 Å². The molecule has 0 aliphatic carbocycles. The van der Waals surface area contributed by atoms with Crippen molar-refractivity contribution in [1.82, 2.24) is 5.32 Å². The molecule has 1 aromatic carbocycles. The van der Waals surface area contributed by atoms with E-state index in [1.54, 1.807) is 39.0 Å². The van der Waals surface area contributed by atoms with Gasteiger partial charge in [0.05, 0.1) is 6.04 Å². The number of amides is 1. The number of hydrogen-bond donors (Lipinski definition) is 1. The predicted octanol–water partition coefficient (Wildman–Crippen LogP) is 4.00. The number of alkyl carbamates (subject to hydrolysis) is 1. The summed E-state index contributed by atoms with van der Waals surface area (Å²) in [5.74, 6) is -0.0951. The van der Waals surface area contributed by atoms with Crippen LogP contribution in [0.5, 0.6) is 0 Å². The second-order valence-corrected chi connectivity index (χ2v) is 7.08. The quantitative estimate of drug-likeness (QED) is 0.890. The molecular weight excluding hydrogens is 302 g/mol. The van der Waals surface area contributed by atoms with Gasteiger partial charge in [-0.15, -0.1) is 0 Å². The van der Waals surface area contributed by atoms with Crippen LogP contribution < -0.4 is 5.32 Å². The Morgan fingerprint density at radius 1 is 1.27 bits per heavy atom. The molecule has 1 atom stereocenters. The fraction of sp³-hybridized carbons (Fsp3) is 0.529. The summed E-state index contributed by atoms with van der Waals surface area (Å²) in [6.07, 6.45) is -0.357. The van der Waals surface area contributed by atoms with Crippen LogP contribution in [-0.2, 0) is 16.0 Å². The number of halogens is 1. The number of nitrogens with one attached hydrogen (secondary N) is 1. The van der Waals surface area contributed by atoms with Crippen molar-refractivity contribution >= 4 is 23.5 Å². The first-order valence-electron chi connectivity index (χ1n) is 7.35. The number of carbonyl (C=O) groups is 2. The van der Waals surface area contributed by atoms with E-state index in [-0.39, 0.29) is 18.1 Å². The van der Waals surface area contributed by atoms with Gasteiger partial charge in [-0.1, -0.05) is 37.6 Å². The molecule has 5 heteroatoms. The van der Waals surface area contributed by atoms with Gasteiger partial charge < -0.3 is 10.1 Å². The van der Waals surface area contributed by atoms with Crippen molar-refractivity contribution in [2.45, 2.75) is 52.7 Å². The highest BCUT2D eigenvalue weighted by atomic mass is 35.5. The number of Topliss-reactive ketones (excluding diaryl/α,β-unsaturated/α-hetero) is 1. The summed E-state index contributed by atoms with van der Waals surface area (Å²) < 4.78 is 5.21. The fourth-order valence-corrected chi connectivity index (χ4v) is 2.22. The van der Waals surface area contributed by atoms with Crippen molar-refractivity contribution in [3.05, 3.63) is 34.9 Å². The van der Waals surface area contributed by atoms with Gasteiger partial charge in [-0.2, -0.15) is 0 Å². The van der Waals surface area contributed by atoms with Crippen LogP contribution in [0.1, 0.15) is 40.2 Å². The topological polar surface area (TPSA) is 55.4 Å². The number of benzene rings is 1. The van der Waals surface area contributed by atoms with Gasteiger partial charge in [-0.3, -0.25) is 4.79 Å². The molecule has 0 spiro atoms. The molecule has 0 fully saturated rings. The lowest BCUT2D eigenvalue weighted by molar-refractivity contribution is -0.121. The Labute approximate surface area is 137 Å². The molecule has 0 radical (unpaired) electrons. The SMILES string of the molecule is CC(C)[C@H](NC(=O)OC(C)(C)C)C(=O)Cc1cccc(Cl)c1. The van der Waals surface area contributed by atoms with Crippen LogP contribution in [0, 0.1) is 5.92 Å². The Hall–Kier alpha value is -1.55. The Morgan fingerprint density at radius 2 is 1.91 bits per heavy atom. The number of ketones is 1. The first kappa shape index (κ1) is 18.5. The normalized spacial score (nSPS) is 12.9. The number of carbonyl (C=O) groups excluding carboxylic acids is 2. The van der Waals surface area contributed by atoms with Crippen LogP contribution in [0.3, 0.4) is 0 Å². The van der Waals surface area contributed by atoms with Crippen LogP contribution in [0.4, 0.5) is 4.79 Å². The number of rotatable bonds is 5. The molecule has 0 unspecified atom stereocenters. The van der Waals surface area contributed by atoms with E-state index in [1.807, 2.05) is 19.9 Å². The molecule has 0 saturated heterocycles. The van der Waals surface area contributed by atoms with Gasteiger partial charge in [-0.05, 0) is 44.4 Å². The lowest BCUT2D eigenvalue weighted by Gasteiger charge is -2.25. The first-order valence-corrected chi connectivity index (χ1v) is 7.73. The summed E-state index contributed by atoms with van der Waals surface area (Å²) in [6.45, 7) is 9.12. The van der Waals surface area contributed by atoms with Crippen molar-refractivity contribution in [3.63, 3.8) is 0 Å². The number of ether oxygens (including phenoxy) is 1. The van der Waals surface area contributed by atoms with Gasteiger partial charge in [0.1, 0.15) is 5.60 Å². The van der Waals surface area contributed by atoms with Crippen molar-refractivity contribution in [1.29, 1.82) is 0 Å². The van der Waals surface area contributed by atoms with Gasteiger partial charge in [0.2, 0.25) is 0 Å². The third-order valence-corrected chi connectivity index (χ3v) is 3.19. The Bertz CT molecular complexity index is 535. The third kappa shape index (κ3) is 6.48. The van der Waals surface area contributed by atoms with Crippen LogP contribution in [-0.4, -0.2) is 23.5 Å². The van der Waals surface area contributed by atoms with Crippen LogP contribution >= 0.6 is 11.6 Å². The van der Waals surface area contributed by atoms with Crippen LogP contribution in [0.25, 0.3) is 0 Å². The Morgan fingerprint density at radius 3 is 2.41 bits per heavy atom. The van der Waals surface area contributed by atoms with E-state index in [4.69, 9.17) is 16.3 Å². The van der Waals surface area contributed by atoms with Crippen molar-refractivity contribution < 1.29 is 14.3 Å². The molecular formula is C17H24ClNO3. The predicted molar refractivity (Wildman–Crippen MR) is 88.2 cm³/mol. The van der Waals surface area contributed by atoms with Gasteiger partial charge in [0.15, 0.2) is 5.78 Å². The molecule has 122 valence electrons. The minimum atomic E-state index is -0.596. The highest BCUT2D eigenvalue weighted by Gasteiger charge is 2.26. The zero-order valence-electron chi connectivity index (χ0n) is 13.8. The molecule has 1 N–H and O–H groups in total. The minimum absolute atomic E-state index is 0.0285. The molecule has 0 aliphatic heterocycles. The molecule has 1 aromatic rings. The highest BCUT2D eigenvalue weighted by Crippen LogP contribution is 2.14. The molecule has 0 aliphatic rings. The third-order valence-electron chi connectivity index (χ3n) is 2.95. The van der Waals surface area contributed by atoms with E-state index in [1.165, 1.54) is 0 Å². The zero-order valence-corrected chi connectivity index (χ0v) is 14.5.